The van der Waals surface area contributed by atoms with E-state index in [-0.39, 0.29) is 0 Å². The lowest BCUT2D eigenvalue weighted by Crippen LogP contribution is -2.15. The van der Waals surface area contributed by atoms with Crippen molar-refractivity contribution in [3.8, 4) is 0 Å². The third kappa shape index (κ3) is 35.5. The van der Waals surface area contributed by atoms with Crippen molar-refractivity contribution in [2.45, 2.75) is 0 Å². The highest BCUT2D eigenvalue weighted by molar-refractivity contribution is 4.39. The normalized spacial score (nSPS) is 11.5. The predicted molar refractivity (Wildman–Crippen MR) is 140 cm³/mol. The highest BCUT2D eigenvalue weighted by Crippen LogP contribution is 1.87. The van der Waals surface area contributed by atoms with Crippen LogP contribution in [0.25, 0.3) is 0 Å². The van der Waals surface area contributed by atoms with Gasteiger partial charge in [-0.15, -0.1) is 0 Å². The molecule has 0 bridgehead atoms. The van der Waals surface area contributed by atoms with E-state index in [4.69, 9.17) is 62.6 Å². The van der Waals surface area contributed by atoms with Gasteiger partial charge in [0.2, 0.25) is 0 Å². The Hall–Kier alpha value is -0.520. The van der Waals surface area contributed by atoms with Gasteiger partial charge in [0.05, 0.1) is 152 Å². The van der Waals surface area contributed by atoms with Crippen molar-refractivity contribution in [1.29, 1.82) is 0 Å². The zero-order chi connectivity index (χ0) is 27.5. The lowest BCUT2D eigenvalue weighted by atomic mass is 10.6. The van der Waals surface area contributed by atoms with E-state index in [1.165, 1.54) is 0 Å². The Kier molecular flexibility index (Phi) is 36.0. The fourth-order valence-corrected chi connectivity index (χ4v) is 2.53. The Balaban J connectivity index is 3.01. The first kappa shape index (κ1) is 37.5. The lowest BCUT2D eigenvalue weighted by Gasteiger charge is -2.09. The maximum absolute atomic E-state index is 5.46. The second-order valence-corrected chi connectivity index (χ2v) is 7.52. The summed E-state index contributed by atoms with van der Waals surface area (Å²) in [7, 11) is 1.65. The van der Waals surface area contributed by atoms with Crippen molar-refractivity contribution in [1.82, 2.24) is 0 Å². The summed E-state index contributed by atoms with van der Waals surface area (Å²) >= 11 is 0. The van der Waals surface area contributed by atoms with E-state index in [2.05, 4.69) is 0 Å². The molecule has 0 aliphatic heterocycles. The maximum atomic E-state index is 5.46. The molecule has 0 saturated heterocycles. The third-order valence-corrected chi connectivity index (χ3v) is 4.41. The molecule has 0 rings (SSSR count). The highest BCUT2D eigenvalue weighted by atomic mass is 16.6. The Morgan fingerprint density at radius 1 is 0.263 bits per heavy atom. The number of hydrogen-bond acceptors (Lipinski definition) is 13. The van der Waals surface area contributed by atoms with E-state index in [0.717, 1.165) is 0 Å². The van der Waals surface area contributed by atoms with Crippen molar-refractivity contribution in [3.05, 3.63) is 0 Å². The standard InChI is InChI=1S/C25H53NO12/c1-27-4-5-29-8-9-31-12-13-33-16-17-35-20-21-37-24-25-38-23-22-36-19-18-34-15-14-32-11-10-30-7-6-28-3-2-26/h2-26H2,1H3. The summed E-state index contributed by atoms with van der Waals surface area (Å²) in [5.41, 5.74) is 5.32. The molecule has 0 heterocycles. The van der Waals surface area contributed by atoms with Crippen LogP contribution in [0.15, 0.2) is 0 Å². The van der Waals surface area contributed by atoms with Crippen LogP contribution in [-0.4, -0.2) is 166 Å². The molecule has 0 atom stereocenters. The van der Waals surface area contributed by atoms with Crippen molar-refractivity contribution >= 4 is 0 Å². The highest BCUT2D eigenvalue weighted by Gasteiger charge is 1.96. The monoisotopic (exact) mass is 559 g/mol. The second kappa shape index (κ2) is 36.5. The zero-order valence-corrected chi connectivity index (χ0v) is 23.4. The minimum absolute atomic E-state index is 0.516. The van der Waals surface area contributed by atoms with Gasteiger partial charge in [0.15, 0.2) is 0 Å². The molecule has 2 N–H and O–H groups in total. The molecule has 0 aromatic carbocycles. The van der Waals surface area contributed by atoms with Gasteiger partial charge in [0.1, 0.15) is 0 Å². The van der Waals surface area contributed by atoms with Gasteiger partial charge in [-0.2, -0.15) is 0 Å². The zero-order valence-electron chi connectivity index (χ0n) is 23.4. The molecule has 0 amide bonds. The summed E-state index contributed by atoms with van der Waals surface area (Å²) in [5, 5.41) is 0. The first-order chi connectivity index (χ1) is 18.9. The molecule has 0 aromatic heterocycles. The van der Waals surface area contributed by atoms with E-state index in [1.807, 2.05) is 0 Å². The molecule has 13 nitrogen and oxygen atoms in total. The fraction of sp³-hybridized carbons (Fsp3) is 1.00. The average Bonchev–Trinajstić information content (AvgIpc) is 2.93. The van der Waals surface area contributed by atoms with Crippen LogP contribution in [0.3, 0.4) is 0 Å². The summed E-state index contributed by atoms with van der Waals surface area (Å²) in [6.07, 6.45) is 0. The molecule has 0 fully saturated rings. The topological polar surface area (TPSA) is 137 Å². The Morgan fingerprint density at radius 3 is 0.579 bits per heavy atom. The van der Waals surface area contributed by atoms with Crippen LogP contribution in [0.2, 0.25) is 0 Å². The third-order valence-electron chi connectivity index (χ3n) is 4.41. The molecule has 13 heteroatoms. The lowest BCUT2D eigenvalue weighted by molar-refractivity contribution is -0.0279. The van der Waals surface area contributed by atoms with Gasteiger partial charge in [0, 0.05) is 13.7 Å². The molecule has 230 valence electrons. The molecular weight excluding hydrogens is 506 g/mol. The fourth-order valence-electron chi connectivity index (χ4n) is 2.53. The quantitative estimate of drug-likeness (QED) is 0.103. The Morgan fingerprint density at radius 2 is 0.421 bits per heavy atom. The maximum Gasteiger partial charge on any atom is 0.0701 e. The van der Waals surface area contributed by atoms with Crippen LogP contribution in [0.1, 0.15) is 0 Å². The summed E-state index contributed by atoms with van der Waals surface area (Å²) in [6, 6.07) is 0. The van der Waals surface area contributed by atoms with Crippen LogP contribution >= 0.6 is 0 Å². The summed E-state index contributed by atoms with van der Waals surface area (Å²) in [5.74, 6) is 0. The van der Waals surface area contributed by atoms with Crippen LogP contribution in [0.4, 0.5) is 0 Å². The molecule has 0 spiro atoms. The number of methoxy groups -OCH3 is 1. The molecule has 0 aromatic rings. The molecule has 0 saturated carbocycles. The van der Waals surface area contributed by atoms with Gasteiger partial charge in [-0.1, -0.05) is 0 Å². The van der Waals surface area contributed by atoms with E-state index >= 15 is 0 Å². The molecular formula is C25H53NO12. The van der Waals surface area contributed by atoms with Crippen molar-refractivity contribution in [2.24, 2.45) is 5.73 Å². The van der Waals surface area contributed by atoms with Gasteiger partial charge in [0.25, 0.3) is 0 Å². The number of rotatable bonds is 35. The van der Waals surface area contributed by atoms with Gasteiger partial charge >= 0.3 is 0 Å². The van der Waals surface area contributed by atoms with Gasteiger partial charge in [-0.25, -0.2) is 0 Å². The second-order valence-electron chi connectivity index (χ2n) is 7.52. The molecule has 38 heavy (non-hydrogen) atoms. The van der Waals surface area contributed by atoms with Gasteiger partial charge in [-0.05, 0) is 0 Å². The SMILES string of the molecule is COCCOCCOCCOCCOCCOCCOCCOCCOCCOCCOCCOCCN. The molecule has 0 unspecified atom stereocenters. The van der Waals surface area contributed by atoms with E-state index in [1.54, 1.807) is 7.11 Å². The summed E-state index contributed by atoms with van der Waals surface area (Å²) in [6.45, 7) is 12.9. The van der Waals surface area contributed by atoms with Crippen LogP contribution < -0.4 is 5.73 Å². The smallest absolute Gasteiger partial charge is 0.0701 e. The van der Waals surface area contributed by atoms with Crippen molar-refractivity contribution in [2.75, 3.05) is 166 Å². The number of hydrogen-bond donors (Lipinski definition) is 1. The van der Waals surface area contributed by atoms with Crippen LogP contribution in [0, 0.1) is 0 Å². The molecule has 0 aliphatic carbocycles. The minimum atomic E-state index is 0.516. The summed E-state index contributed by atoms with van der Waals surface area (Å²) < 4.78 is 64.2. The largest absolute Gasteiger partial charge is 0.382 e. The Labute approximate surface area is 228 Å². The first-order valence-electron chi connectivity index (χ1n) is 13.5. The average molecular weight is 560 g/mol. The Bertz CT molecular complexity index is 377. The summed E-state index contributed by atoms with van der Waals surface area (Å²) in [4.78, 5) is 0. The van der Waals surface area contributed by atoms with Crippen LogP contribution in [0.5, 0.6) is 0 Å². The van der Waals surface area contributed by atoms with E-state index in [0.29, 0.717) is 159 Å². The van der Waals surface area contributed by atoms with Crippen LogP contribution in [-0.2, 0) is 56.8 Å². The van der Waals surface area contributed by atoms with Gasteiger partial charge < -0.3 is 62.6 Å². The predicted octanol–water partition coefficient (Wildman–Crippen LogP) is -0.226. The van der Waals surface area contributed by atoms with E-state index in [9.17, 15) is 0 Å². The molecule has 0 radical (unpaired) electrons. The minimum Gasteiger partial charge on any atom is -0.382 e. The van der Waals surface area contributed by atoms with Crippen molar-refractivity contribution < 1.29 is 56.8 Å². The van der Waals surface area contributed by atoms with Gasteiger partial charge in [-0.3, -0.25) is 0 Å². The van der Waals surface area contributed by atoms with E-state index < -0.39 is 0 Å². The first-order valence-corrected chi connectivity index (χ1v) is 13.5. The number of ether oxygens (including phenoxy) is 12. The van der Waals surface area contributed by atoms with Crippen molar-refractivity contribution in [3.63, 3.8) is 0 Å². The molecule has 0 aliphatic rings. The number of nitrogens with two attached hydrogens (primary N) is 1.